The van der Waals surface area contributed by atoms with E-state index in [1.54, 1.807) is 36.5 Å². The Morgan fingerprint density at radius 1 is 1.28 bits per heavy atom. The smallest absolute Gasteiger partial charge is 0.345 e. The summed E-state index contributed by atoms with van der Waals surface area (Å²) in [6.07, 6.45) is -4.39. The minimum atomic E-state index is -4.58. The fraction of sp³-hybridized carbons (Fsp3) is 0.400. The highest BCUT2D eigenvalue weighted by molar-refractivity contribution is 6.30. The molecule has 0 unspecified atom stereocenters. The van der Waals surface area contributed by atoms with E-state index in [1.165, 1.54) is 0 Å². The molecule has 25 heavy (non-hydrogen) atoms. The lowest BCUT2D eigenvalue weighted by Crippen LogP contribution is -2.45. The maximum atomic E-state index is 12.7. The van der Waals surface area contributed by atoms with E-state index in [0.717, 1.165) is 0 Å². The Balaban J connectivity index is 2.17. The molecule has 1 saturated heterocycles. The second-order valence-corrected chi connectivity index (χ2v) is 5.92. The van der Waals surface area contributed by atoms with Crippen LogP contribution in [0, 0.1) is 0 Å². The fourth-order valence-electron chi connectivity index (χ4n) is 2.54. The standard InChI is InChI=1S/C15H15ClF3N3O3/c1-2-14(9-3-5-10(16)6-4-9)12(24)22(13(25)21-14)7-11(23)20-8-15(17,18)19/h3-6H,2,7-8H2,1H3,(H,20,23)(H,21,25)/t14-/m0/s1. The van der Waals surface area contributed by atoms with Gasteiger partial charge in [0.05, 0.1) is 0 Å². The van der Waals surface area contributed by atoms with Crippen LogP contribution in [0.1, 0.15) is 18.9 Å². The molecule has 0 radical (unpaired) electrons. The number of halogens is 4. The third-order valence-electron chi connectivity index (χ3n) is 3.83. The van der Waals surface area contributed by atoms with Crippen molar-refractivity contribution in [3.8, 4) is 0 Å². The Bertz CT molecular complexity index is 694. The predicted molar refractivity (Wildman–Crippen MR) is 82.7 cm³/mol. The first kappa shape index (κ1) is 19.0. The van der Waals surface area contributed by atoms with Crippen molar-refractivity contribution in [1.82, 2.24) is 15.5 Å². The molecule has 0 spiro atoms. The van der Waals surface area contributed by atoms with Gasteiger partial charge in [0.25, 0.3) is 5.91 Å². The highest BCUT2D eigenvalue weighted by atomic mass is 35.5. The molecule has 1 fully saturated rings. The minimum absolute atomic E-state index is 0.194. The zero-order chi connectivity index (χ0) is 18.8. The monoisotopic (exact) mass is 377 g/mol. The van der Waals surface area contributed by atoms with Gasteiger partial charge in [-0.3, -0.25) is 14.5 Å². The minimum Gasteiger partial charge on any atom is -0.345 e. The van der Waals surface area contributed by atoms with Crippen molar-refractivity contribution in [1.29, 1.82) is 0 Å². The van der Waals surface area contributed by atoms with Crippen LogP contribution in [0.5, 0.6) is 0 Å². The Morgan fingerprint density at radius 2 is 1.88 bits per heavy atom. The van der Waals surface area contributed by atoms with Gasteiger partial charge in [0.15, 0.2) is 0 Å². The molecule has 0 aromatic heterocycles. The SMILES string of the molecule is CC[C@@]1(c2ccc(Cl)cc2)NC(=O)N(CC(=O)NCC(F)(F)F)C1=O. The predicted octanol–water partition coefficient (Wildman–Crippen LogP) is 2.18. The molecular weight excluding hydrogens is 363 g/mol. The number of imide groups is 1. The molecule has 6 nitrogen and oxygen atoms in total. The van der Waals surface area contributed by atoms with Gasteiger partial charge < -0.3 is 10.6 Å². The summed E-state index contributed by atoms with van der Waals surface area (Å²) < 4.78 is 36.4. The number of nitrogens with zero attached hydrogens (tertiary/aromatic N) is 1. The molecule has 0 aliphatic carbocycles. The summed E-state index contributed by atoms with van der Waals surface area (Å²) in [7, 11) is 0. The highest BCUT2D eigenvalue weighted by Gasteiger charge is 2.51. The van der Waals surface area contributed by atoms with E-state index in [1.807, 2.05) is 0 Å². The number of hydrogen-bond donors (Lipinski definition) is 2. The largest absolute Gasteiger partial charge is 0.405 e. The number of carbonyl (C=O) groups is 3. The molecule has 1 aliphatic heterocycles. The Morgan fingerprint density at radius 3 is 2.40 bits per heavy atom. The van der Waals surface area contributed by atoms with Crippen LogP contribution >= 0.6 is 11.6 Å². The first-order valence-corrected chi connectivity index (χ1v) is 7.70. The van der Waals surface area contributed by atoms with Crippen molar-refractivity contribution >= 4 is 29.4 Å². The number of rotatable bonds is 5. The van der Waals surface area contributed by atoms with Gasteiger partial charge in [0.2, 0.25) is 5.91 Å². The van der Waals surface area contributed by atoms with Gasteiger partial charge in [-0.1, -0.05) is 30.7 Å². The van der Waals surface area contributed by atoms with Gasteiger partial charge in [0, 0.05) is 5.02 Å². The number of alkyl halides is 3. The number of hydrogen-bond acceptors (Lipinski definition) is 3. The molecule has 1 aromatic rings. The number of carbonyl (C=O) groups excluding carboxylic acids is 3. The summed E-state index contributed by atoms with van der Waals surface area (Å²) in [6.45, 7) is -0.665. The van der Waals surface area contributed by atoms with Crippen molar-refractivity contribution in [2.45, 2.75) is 25.1 Å². The Hall–Kier alpha value is -2.29. The summed E-state index contributed by atoms with van der Waals surface area (Å²) >= 11 is 5.81. The second kappa shape index (κ2) is 6.91. The highest BCUT2D eigenvalue weighted by Crippen LogP contribution is 2.33. The van der Waals surface area contributed by atoms with E-state index in [9.17, 15) is 27.6 Å². The van der Waals surface area contributed by atoms with E-state index in [2.05, 4.69) is 5.32 Å². The third-order valence-corrected chi connectivity index (χ3v) is 4.08. The molecule has 1 aromatic carbocycles. The maximum Gasteiger partial charge on any atom is 0.405 e. The van der Waals surface area contributed by atoms with Crippen molar-refractivity contribution in [3.63, 3.8) is 0 Å². The topological polar surface area (TPSA) is 78.5 Å². The van der Waals surface area contributed by atoms with Crippen LogP contribution < -0.4 is 10.6 Å². The van der Waals surface area contributed by atoms with Gasteiger partial charge in [0.1, 0.15) is 18.6 Å². The molecule has 1 aliphatic rings. The lowest BCUT2D eigenvalue weighted by atomic mass is 9.87. The Kier molecular flexibility index (Phi) is 5.26. The van der Waals surface area contributed by atoms with E-state index in [0.29, 0.717) is 15.5 Å². The lowest BCUT2D eigenvalue weighted by Gasteiger charge is -2.25. The summed E-state index contributed by atoms with van der Waals surface area (Å²) in [4.78, 5) is 37.0. The maximum absolute atomic E-state index is 12.7. The number of nitrogens with one attached hydrogen (secondary N) is 2. The van der Waals surface area contributed by atoms with Crippen LogP contribution in [0.15, 0.2) is 24.3 Å². The third kappa shape index (κ3) is 4.04. The molecule has 4 amide bonds. The number of urea groups is 1. The van der Waals surface area contributed by atoms with Crippen molar-refractivity contribution in [3.05, 3.63) is 34.9 Å². The van der Waals surface area contributed by atoms with Gasteiger partial charge in [-0.2, -0.15) is 13.2 Å². The average molecular weight is 378 g/mol. The molecule has 0 bridgehead atoms. The zero-order valence-electron chi connectivity index (χ0n) is 13.1. The van der Waals surface area contributed by atoms with E-state index < -0.39 is 42.7 Å². The summed E-state index contributed by atoms with van der Waals surface area (Å²) in [6, 6.07) is 5.39. The van der Waals surface area contributed by atoms with E-state index >= 15 is 0 Å². The Labute approximate surface area is 146 Å². The summed E-state index contributed by atoms with van der Waals surface area (Å²) in [5.74, 6) is -1.78. The zero-order valence-corrected chi connectivity index (χ0v) is 13.9. The van der Waals surface area contributed by atoms with Crippen LogP contribution in [0.3, 0.4) is 0 Å². The van der Waals surface area contributed by atoms with Gasteiger partial charge in [-0.25, -0.2) is 4.79 Å². The van der Waals surface area contributed by atoms with Crippen LogP contribution in [0.4, 0.5) is 18.0 Å². The van der Waals surface area contributed by atoms with Crippen LogP contribution in [0.25, 0.3) is 0 Å². The molecule has 2 N–H and O–H groups in total. The van der Waals surface area contributed by atoms with Crippen LogP contribution in [0.2, 0.25) is 5.02 Å². The number of benzene rings is 1. The molecular formula is C15H15ClF3N3O3. The van der Waals surface area contributed by atoms with Gasteiger partial charge >= 0.3 is 12.2 Å². The molecule has 10 heteroatoms. The van der Waals surface area contributed by atoms with Crippen LogP contribution in [-0.2, 0) is 15.1 Å². The quantitative estimate of drug-likeness (QED) is 0.772. The molecule has 1 atom stereocenters. The molecule has 136 valence electrons. The molecule has 2 rings (SSSR count). The van der Waals surface area contributed by atoms with Crippen molar-refractivity contribution in [2.24, 2.45) is 0 Å². The van der Waals surface area contributed by atoms with E-state index in [-0.39, 0.29) is 6.42 Å². The first-order chi connectivity index (χ1) is 11.6. The normalized spacial score (nSPS) is 20.6. The molecule has 0 saturated carbocycles. The second-order valence-electron chi connectivity index (χ2n) is 5.48. The summed E-state index contributed by atoms with van der Waals surface area (Å²) in [5, 5.41) is 4.59. The van der Waals surface area contributed by atoms with E-state index in [4.69, 9.17) is 11.6 Å². The summed E-state index contributed by atoms with van der Waals surface area (Å²) in [5.41, 5.74) is -0.914. The van der Waals surface area contributed by atoms with Crippen LogP contribution in [-0.4, -0.2) is 42.0 Å². The molecule has 1 heterocycles. The van der Waals surface area contributed by atoms with Gasteiger partial charge in [-0.05, 0) is 24.1 Å². The fourth-order valence-corrected chi connectivity index (χ4v) is 2.67. The average Bonchev–Trinajstić information content (AvgIpc) is 2.78. The van der Waals surface area contributed by atoms with Crippen molar-refractivity contribution < 1.29 is 27.6 Å². The first-order valence-electron chi connectivity index (χ1n) is 7.32. The van der Waals surface area contributed by atoms with Crippen molar-refractivity contribution in [2.75, 3.05) is 13.1 Å². The number of amides is 4. The lowest BCUT2D eigenvalue weighted by molar-refractivity contribution is -0.141. The van der Waals surface area contributed by atoms with Gasteiger partial charge in [-0.15, -0.1) is 0 Å².